The number of hydrogen-bond acceptors (Lipinski definition) is 0. The van der Waals surface area contributed by atoms with Crippen LogP contribution in [0.2, 0.25) is 0 Å². The quantitative estimate of drug-likeness (QED) is 0.487. The summed E-state index contributed by atoms with van der Waals surface area (Å²) in [5.41, 5.74) is 1.28. The van der Waals surface area contributed by atoms with Gasteiger partial charge < -0.3 is 0 Å². The molecular weight excluding hydrogens is 120 g/mol. The lowest BCUT2D eigenvalue weighted by molar-refractivity contribution is 1.52. The Morgan fingerprint density at radius 3 is 2.90 bits per heavy atom. The molecule has 0 N–H and O–H groups in total. The zero-order valence-corrected chi connectivity index (χ0v) is 5.67. The Kier molecular flexibility index (Phi) is 1.01. The second-order valence-electron chi connectivity index (χ2n) is 2.45. The first-order chi connectivity index (χ1) is 4.88. The van der Waals surface area contributed by atoms with Gasteiger partial charge in [0.15, 0.2) is 0 Å². The summed E-state index contributed by atoms with van der Waals surface area (Å²) in [7, 11) is 0. The molecule has 1 aliphatic rings. The van der Waals surface area contributed by atoms with E-state index >= 15 is 0 Å². The average Bonchev–Trinajstić information content (AvgIpc) is 2.36. The molecule has 0 spiro atoms. The Balaban J connectivity index is 2.99. The molecule has 0 saturated carbocycles. The van der Waals surface area contributed by atoms with Gasteiger partial charge in [0, 0.05) is 0 Å². The van der Waals surface area contributed by atoms with Crippen molar-refractivity contribution in [3.05, 3.63) is 40.3 Å². The van der Waals surface area contributed by atoms with Gasteiger partial charge in [-0.3, -0.25) is 0 Å². The fourth-order valence-electron chi connectivity index (χ4n) is 1.23. The van der Waals surface area contributed by atoms with E-state index in [9.17, 15) is 0 Å². The fourth-order valence-corrected chi connectivity index (χ4v) is 1.23. The second kappa shape index (κ2) is 1.84. The Labute approximate surface area is 59.8 Å². The monoisotopic (exact) mass is 128 g/mol. The van der Waals surface area contributed by atoms with Gasteiger partial charge in [-0.1, -0.05) is 43.0 Å². The average molecular weight is 128 g/mol. The molecule has 0 heteroatoms. The van der Waals surface area contributed by atoms with E-state index in [4.69, 9.17) is 0 Å². The van der Waals surface area contributed by atoms with Crippen LogP contribution in [-0.4, -0.2) is 0 Å². The summed E-state index contributed by atoms with van der Waals surface area (Å²) in [6.07, 6.45) is 6.25. The van der Waals surface area contributed by atoms with Gasteiger partial charge >= 0.3 is 0 Å². The Bertz CT molecular complexity index is 383. The number of benzene rings is 1. The van der Waals surface area contributed by atoms with Gasteiger partial charge in [0.05, 0.1) is 0 Å². The van der Waals surface area contributed by atoms with Gasteiger partial charge in [0.2, 0.25) is 0 Å². The van der Waals surface area contributed by atoms with E-state index in [2.05, 4.69) is 30.9 Å². The molecule has 0 aromatic heterocycles. The minimum atomic E-state index is 1.11. The maximum Gasteiger partial charge on any atom is -0.0117 e. The Morgan fingerprint density at radius 1 is 1.20 bits per heavy atom. The molecule has 0 amide bonds. The number of allylic oxidation sites excluding steroid dienone is 1. The van der Waals surface area contributed by atoms with Crippen LogP contribution in [0.25, 0.3) is 18.7 Å². The highest BCUT2D eigenvalue weighted by molar-refractivity contribution is 5.66. The van der Waals surface area contributed by atoms with E-state index < -0.39 is 0 Å². The van der Waals surface area contributed by atoms with Crippen molar-refractivity contribution in [2.75, 3.05) is 0 Å². The van der Waals surface area contributed by atoms with E-state index in [1.807, 2.05) is 12.1 Å². The van der Waals surface area contributed by atoms with Gasteiger partial charge in [0.1, 0.15) is 0 Å². The van der Waals surface area contributed by atoms with Gasteiger partial charge in [-0.25, -0.2) is 0 Å². The SMILES string of the molecule is C=c1cccc2c1=CC=C2. The van der Waals surface area contributed by atoms with Crippen LogP contribution in [0.5, 0.6) is 0 Å². The van der Waals surface area contributed by atoms with E-state index in [0.29, 0.717) is 0 Å². The standard InChI is InChI=1S/C10H8/c1-8-4-2-5-9-6-3-7-10(8)9/h2-7H,1H2. The fraction of sp³-hybridized carbons (Fsp3) is 0. The van der Waals surface area contributed by atoms with E-state index in [1.54, 1.807) is 0 Å². The van der Waals surface area contributed by atoms with Crippen LogP contribution in [-0.2, 0) is 0 Å². The molecule has 10 heavy (non-hydrogen) atoms. The van der Waals surface area contributed by atoms with Crippen molar-refractivity contribution in [2.45, 2.75) is 0 Å². The Morgan fingerprint density at radius 2 is 2.10 bits per heavy atom. The molecule has 0 heterocycles. The van der Waals surface area contributed by atoms with Crippen molar-refractivity contribution >= 4 is 18.7 Å². The molecule has 1 aromatic rings. The van der Waals surface area contributed by atoms with Gasteiger partial charge in [-0.2, -0.15) is 0 Å². The zero-order chi connectivity index (χ0) is 6.97. The summed E-state index contributed by atoms with van der Waals surface area (Å²) in [6.45, 7) is 3.92. The van der Waals surface area contributed by atoms with Crippen molar-refractivity contribution in [3.63, 3.8) is 0 Å². The third-order valence-electron chi connectivity index (χ3n) is 1.77. The smallest absolute Gasteiger partial charge is 0.0117 e. The second-order valence-corrected chi connectivity index (χ2v) is 2.45. The first kappa shape index (κ1) is 5.48. The summed E-state index contributed by atoms with van der Waals surface area (Å²) >= 11 is 0. The first-order valence-electron chi connectivity index (χ1n) is 3.34. The number of fused-ring (bicyclic) bond motifs is 1. The van der Waals surface area contributed by atoms with Crippen LogP contribution >= 0.6 is 0 Å². The van der Waals surface area contributed by atoms with E-state index in [0.717, 1.165) is 5.22 Å². The van der Waals surface area contributed by atoms with Crippen molar-refractivity contribution < 1.29 is 0 Å². The predicted molar refractivity (Wildman–Crippen MR) is 44.7 cm³/mol. The van der Waals surface area contributed by atoms with Gasteiger partial charge in [0.25, 0.3) is 0 Å². The molecule has 0 saturated heterocycles. The maximum absolute atomic E-state index is 3.92. The van der Waals surface area contributed by atoms with Crippen LogP contribution in [0.15, 0.2) is 24.3 Å². The molecule has 0 atom stereocenters. The molecule has 0 bridgehead atoms. The predicted octanol–water partition coefficient (Wildman–Crippen LogP) is 0.904. The Hall–Kier alpha value is -1.30. The molecule has 0 nitrogen and oxygen atoms in total. The summed E-state index contributed by atoms with van der Waals surface area (Å²) < 4.78 is 0. The number of rotatable bonds is 0. The highest BCUT2D eigenvalue weighted by Crippen LogP contribution is 1.97. The number of hydrogen-bond donors (Lipinski definition) is 0. The summed E-state index contributed by atoms with van der Waals surface area (Å²) in [6, 6.07) is 6.16. The molecule has 0 unspecified atom stereocenters. The third-order valence-corrected chi connectivity index (χ3v) is 1.77. The minimum Gasteiger partial charge on any atom is -0.0911 e. The zero-order valence-electron chi connectivity index (χ0n) is 5.67. The molecule has 1 aromatic carbocycles. The van der Waals surface area contributed by atoms with Crippen molar-refractivity contribution in [1.29, 1.82) is 0 Å². The highest BCUT2D eigenvalue weighted by Gasteiger charge is 1.93. The van der Waals surface area contributed by atoms with E-state index in [1.165, 1.54) is 10.8 Å². The van der Waals surface area contributed by atoms with Crippen LogP contribution in [0.4, 0.5) is 0 Å². The first-order valence-corrected chi connectivity index (χ1v) is 3.34. The topological polar surface area (TPSA) is 0 Å². The molecule has 48 valence electrons. The van der Waals surface area contributed by atoms with Crippen molar-refractivity contribution in [2.24, 2.45) is 0 Å². The molecule has 0 fully saturated rings. The normalized spacial score (nSPS) is 12.8. The molecule has 0 aliphatic heterocycles. The van der Waals surface area contributed by atoms with Crippen molar-refractivity contribution in [3.8, 4) is 0 Å². The van der Waals surface area contributed by atoms with Gasteiger partial charge in [-0.15, -0.1) is 0 Å². The summed E-state index contributed by atoms with van der Waals surface area (Å²) in [5.74, 6) is 0. The van der Waals surface area contributed by atoms with Gasteiger partial charge in [-0.05, 0) is 16.0 Å². The third kappa shape index (κ3) is 0.623. The van der Waals surface area contributed by atoms with Crippen LogP contribution in [0, 0.1) is 0 Å². The lowest BCUT2D eigenvalue weighted by Gasteiger charge is -1.89. The summed E-state index contributed by atoms with van der Waals surface area (Å²) in [4.78, 5) is 0. The minimum absolute atomic E-state index is 1.11. The largest absolute Gasteiger partial charge is 0.0911 e. The highest BCUT2D eigenvalue weighted by atomic mass is 14.0. The lowest BCUT2D eigenvalue weighted by Crippen LogP contribution is -2.23. The maximum atomic E-state index is 3.92. The molecular formula is C10H8. The molecule has 2 rings (SSSR count). The summed E-state index contributed by atoms with van der Waals surface area (Å²) in [5, 5.41) is 2.38. The molecule has 0 radical (unpaired) electrons. The lowest BCUT2D eigenvalue weighted by atomic mass is 10.2. The van der Waals surface area contributed by atoms with Crippen LogP contribution < -0.4 is 10.4 Å². The van der Waals surface area contributed by atoms with Crippen LogP contribution in [0.1, 0.15) is 5.56 Å². The molecule has 1 aliphatic carbocycles. The van der Waals surface area contributed by atoms with Crippen molar-refractivity contribution in [1.82, 2.24) is 0 Å². The van der Waals surface area contributed by atoms with E-state index in [-0.39, 0.29) is 0 Å². The van der Waals surface area contributed by atoms with Crippen LogP contribution in [0.3, 0.4) is 0 Å².